The van der Waals surface area contributed by atoms with Gasteiger partial charge in [0.15, 0.2) is 0 Å². The summed E-state index contributed by atoms with van der Waals surface area (Å²) < 4.78 is 13.0. The number of rotatable bonds is 5. The average Bonchev–Trinajstić information content (AvgIpc) is 3.32. The van der Waals surface area contributed by atoms with Crippen LogP contribution in [0.1, 0.15) is 46.6 Å². The van der Waals surface area contributed by atoms with Gasteiger partial charge >= 0.3 is 0 Å². The number of amides is 2. The fourth-order valence-electron chi connectivity index (χ4n) is 2.44. The molecule has 4 nitrogen and oxygen atoms in total. The number of nitrogens with one attached hydrogen (secondary N) is 2. The van der Waals surface area contributed by atoms with Gasteiger partial charge in [0.25, 0.3) is 5.91 Å². The van der Waals surface area contributed by atoms with Crippen molar-refractivity contribution >= 4 is 28.2 Å². The van der Waals surface area contributed by atoms with Gasteiger partial charge in [0, 0.05) is 5.92 Å². The monoisotopic (exact) mass is 346 g/mol. The summed E-state index contributed by atoms with van der Waals surface area (Å²) >= 11 is 1.28. The number of thiophene rings is 1. The SMILES string of the molecule is Cc1cc(NC(=O)C2CC2)sc1C(=O)N[C@H](C)c1ccc(F)cc1. The highest BCUT2D eigenvalue weighted by molar-refractivity contribution is 7.18. The summed E-state index contributed by atoms with van der Waals surface area (Å²) in [6.45, 7) is 3.70. The minimum atomic E-state index is -0.303. The zero-order chi connectivity index (χ0) is 17.3. The van der Waals surface area contributed by atoms with E-state index in [-0.39, 0.29) is 29.6 Å². The summed E-state index contributed by atoms with van der Waals surface area (Å²) in [4.78, 5) is 24.9. The van der Waals surface area contributed by atoms with E-state index in [1.54, 1.807) is 12.1 Å². The predicted molar refractivity (Wildman–Crippen MR) is 92.7 cm³/mol. The molecular weight excluding hydrogens is 327 g/mol. The summed E-state index contributed by atoms with van der Waals surface area (Å²) in [6, 6.07) is 7.65. The van der Waals surface area contributed by atoms with Crippen LogP contribution in [0.15, 0.2) is 30.3 Å². The van der Waals surface area contributed by atoms with Gasteiger partial charge in [0.2, 0.25) is 5.91 Å². The van der Waals surface area contributed by atoms with E-state index >= 15 is 0 Å². The molecule has 1 aromatic heterocycles. The zero-order valence-corrected chi connectivity index (χ0v) is 14.4. The summed E-state index contributed by atoms with van der Waals surface area (Å²) in [7, 11) is 0. The van der Waals surface area contributed by atoms with Crippen LogP contribution >= 0.6 is 11.3 Å². The van der Waals surface area contributed by atoms with Gasteiger partial charge in [0.05, 0.1) is 15.9 Å². The first-order valence-electron chi connectivity index (χ1n) is 7.91. The maximum absolute atomic E-state index is 13.0. The Kier molecular flexibility index (Phi) is 4.66. The Morgan fingerprint density at radius 3 is 2.54 bits per heavy atom. The average molecular weight is 346 g/mol. The molecule has 24 heavy (non-hydrogen) atoms. The highest BCUT2D eigenvalue weighted by Crippen LogP contribution is 2.33. The van der Waals surface area contributed by atoms with Gasteiger partial charge in [-0.15, -0.1) is 11.3 Å². The first-order valence-corrected chi connectivity index (χ1v) is 8.73. The molecule has 0 radical (unpaired) electrons. The molecule has 2 aromatic rings. The number of halogens is 1. The minimum absolute atomic E-state index is 0.0305. The first kappa shape index (κ1) is 16.6. The Bertz CT molecular complexity index is 766. The molecule has 2 N–H and O–H groups in total. The lowest BCUT2D eigenvalue weighted by Crippen LogP contribution is -2.26. The van der Waals surface area contributed by atoms with Crippen molar-refractivity contribution in [1.29, 1.82) is 0 Å². The summed E-state index contributed by atoms with van der Waals surface area (Å²) in [5.41, 5.74) is 1.66. The normalized spacial score (nSPS) is 15.0. The van der Waals surface area contributed by atoms with Gasteiger partial charge in [-0.2, -0.15) is 0 Å². The van der Waals surface area contributed by atoms with Crippen LogP contribution < -0.4 is 10.6 Å². The van der Waals surface area contributed by atoms with Gasteiger partial charge in [0.1, 0.15) is 5.82 Å². The molecule has 1 aliphatic carbocycles. The van der Waals surface area contributed by atoms with E-state index in [0.29, 0.717) is 9.88 Å². The molecule has 6 heteroatoms. The molecule has 2 amide bonds. The molecule has 1 aliphatic rings. The van der Waals surface area contributed by atoms with Crippen molar-refractivity contribution in [1.82, 2.24) is 5.32 Å². The van der Waals surface area contributed by atoms with Gasteiger partial charge in [-0.1, -0.05) is 12.1 Å². The molecule has 1 atom stereocenters. The maximum atomic E-state index is 13.0. The second-order valence-corrected chi connectivity index (χ2v) is 7.19. The van der Waals surface area contributed by atoms with E-state index in [0.717, 1.165) is 24.0 Å². The highest BCUT2D eigenvalue weighted by Gasteiger charge is 2.30. The van der Waals surface area contributed by atoms with E-state index in [9.17, 15) is 14.0 Å². The standard InChI is InChI=1S/C18H19FN2O2S/c1-10-9-15(21-17(22)13-3-4-13)24-16(10)18(23)20-11(2)12-5-7-14(19)8-6-12/h5-9,11,13H,3-4H2,1-2H3,(H,20,23)(H,21,22)/t11-/m1/s1. The van der Waals surface area contributed by atoms with Crippen LogP contribution in [0.4, 0.5) is 9.39 Å². The van der Waals surface area contributed by atoms with Crippen LogP contribution in [0.25, 0.3) is 0 Å². The molecule has 0 aliphatic heterocycles. The summed E-state index contributed by atoms with van der Waals surface area (Å²) in [5.74, 6) is -0.338. The molecule has 1 aromatic carbocycles. The topological polar surface area (TPSA) is 58.2 Å². The Hall–Kier alpha value is -2.21. The zero-order valence-electron chi connectivity index (χ0n) is 13.6. The second kappa shape index (κ2) is 6.73. The molecule has 0 spiro atoms. The molecule has 0 unspecified atom stereocenters. The van der Waals surface area contributed by atoms with Crippen molar-refractivity contribution in [2.75, 3.05) is 5.32 Å². The minimum Gasteiger partial charge on any atom is -0.345 e. The van der Waals surface area contributed by atoms with Crippen molar-refractivity contribution in [3.63, 3.8) is 0 Å². The van der Waals surface area contributed by atoms with Crippen molar-refractivity contribution in [3.8, 4) is 0 Å². The number of carbonyl (C=O) groups excluding carboxylic acids is 2. The molecule has 0 saturated heterocycles. The third kappa shape index (κ3) is 3.82. The third-order valence-electron chi connectivity index (χ3n) is 4.04. The highest BCUT2D eigenvalue weighted by atomic mass is 32.1. The Morgan fingerprint density at radius 2 is 1.92 bits per heavy atom. The lowest BCUT2D eigenvalue weighted by molar-refractivity contribution is -0.117. The Labute approximate surface area is 144 Å². The number of benzene rings is 1. The van der Waals surface area contributed by atoms with Gasteiger partial charge in [-0.3, -0.25) is 9.59 Å². The van der Waals surface area contributed by atoms with Gasteiger partial charge in [-0.05, 0) is 56.0 Å². The molecule has 1 saturated carbocycles. The maximum Gasteiger partial charge on any atom is 0.262 e. The molecule has 3 rings (SSSR count). The van der Waals surface area contributed by atoms with Crippen molar-refractivity contribution < 1.29 is 14.0 Å². The number of anilines is 1. The molecule has 0 bridgehead atoms. The molecular formula is C18H19FN2O2S. The van der Waals surface area contributed by atoms with Crippen molar-refractivity contribution in [2.45, 2.75) is 32.7 Å². The molecule has 126 valence electrons. The van der Waals surface area contributed by atoms with Crippen LogP contribution in [0, 0.1) is 18.7 Å². The lowest BCUT2D eigenvalue weighted by atomic mass is 10.1. The van der Waals surface area contributed by atoms with Crippen molar-refractivity contribution in [2.24, 2.45) is 5.92 Å². The fourth-order valence-corrected chi connectivity index (χ4v) is 3.41. The lowest BCUT2D eigenvalue weighted by Gasteiger charge is -2.14. The Morgan fingerprint density at radius 1 is 1.25 bits per heavy atom. The fraction of sp³-hybridized carbons (Fsp3) is 0.333. The van der Waals surface area contributed by atoms with E-state index in [1.165, 1.54) is 23.5 Å². The third-order valence-corrected chi connectivity index (χ3v) is 5.19. The van der Waals surface area contributed by atoms with Crippen molar-refractivity contribution in [3.05, 3.63) is 52.2 Å². The van der Waals surface area contributed by atoms with Crippen LogP contribution in [0.2, 0.25) is 0 Å². The number of hydrogen-bond acceptors (Lipinski definition) is 3. The second-order valence-electron chi connectivity index (χ2n) is 6.13. The van der Waals surface area contributed by atoms with E-state index in [4.69, 9.17) is 0 Å². The predicted octanol–water partition coefficient (Wildman–Crippen LogP) is 4.04. The van der Waals surface area contributed by atoms with Crippen LogP contribution in [0.5, 0.6) is 0 Å². The van der Waals surface area contributed by atoms with Crippen LogP contribution in [0.3, 0.4) is 0 Å². The van der Waals surface area contributed by atoms with E-state index < -0.39 is 0 Å². The number of carbonyl (C=O) groups is 2. The Balaban J connectivity index is 1.66. The van der Waals surface area contributed by atoms with Gasteiger partial charge < -0.3 is 10.6 Å². The van der Waals surface area contributed by atoms with Gasteiger partial charge in [-0.25, -0.2) is 4.39 Å². The smallest absolute Gasteiger partial charge is 0.262 e. The number of hydrogen-bond donors (Lipinski definition) is 2. The summed E-state index contributed by atoms with van der Waals surface area (Å²) in [5, 5.41) is 6.48. The summed E-state index contributed by atoms with van der Waals surface area (Å²) in [6.07, 6.45) is 1.89. The molecule has 1 fully saturated rings. The largest absolute Gasteiger partial charge is 0.345 e. The van der Waals surface area contributed by atoms with E-state index in [2.05, 4.69) is 10.6 Å². The molecule has 1 heterocycles. The van der Waals surface area contributed by atoms with Crippen LogP contribution in [-0.2, 0) is 4.79 Å². The first-order chi connectivity index (χ1) is 11.4. The van der Waals surface area contributed by atoms with Crippen LogP contribution in [-0.4, -0.2) is 11.8 Å². The quantitative estimate of drug-likeness (QED) is 0.858. The van der Waals surface area contributed by atoms with E-state index in [1.807, 2.05) is 19.9 Å². The number of aryl methyl sites for hydroxylation is 1.